The maximum absolute atomic E-state index is 3.87. The van der Waals surface area contributed by atoms with Crippen molar-refractivity contribution in [1.29, 1.82) is 0 Å². The average Bonchev–Trinajstić information content (AvgIpc) is 2.40. The first kappa shape index (κ1) is 12.2. The lowest BCUT2D eigenvalue weighted by atomic mass is 9.77. The summed E-state index contributed by atoms with van der Waals surface area (Å²) in [4.78, 5) is 0. The van der Waals surface area contributed by atoms with Gasteiger partial charge < -0.3 is 5.32 Å². The molecule has 1 fully saturated rings. The number of fused-ring (bicyclic) bond motifs is 1. The monoisotopic (exact) mass is 243 g/mol. The molecule has 0 spiro atoms. The molecular formula is C17H25N. The van der Waals surface area contributed by atoms with Gasteiger partial charge in [-0.1, -0.05) is 50.5 Å². The van der Waals surface area contributed by atoms with E-state index in [1.807, 2.05) is 0 Å². The fraction of sp³-hybridized carbons (Fsp3) is 0.647. The molecule has 2 aliphatic rings. The Morgan fingerprint density at radius 1 is 1.17 bits per heavy atom. The van der Waals surface area contributed by atoms with Gasteiger partial charge in [-0.15, -0.1) is 0 Å². The smallest absolute Gasteiger partial charge is 0.00954 e. The van der Waals surface area contributed by atoms with Gasteiger partial charge in [0.05, 0.1) is 0 Å². The van der Waals surface area contributed by atoms with Crippen LogP contribution < -0.4 is 5.32 Å². The van der Waals surface area contributed by atoms with E-state index >= 15 is 0 Å². The minimum Gasteiger partial charge on any atom is -0.313 e. The molecule has 0 heterocycles. The van der Waals surface area contributed by atoms with E-state index < -0.39 is 0 Å². The molecule has 0 amide bonds. The van der Waals surface area contributed by atoms with Gasteiger partial charge in [-0.05, 0) is 36.3 Å². The number of hydrogen-bond donors (Lipinski definition) is 1. The van der Waals surface area contributed by atoms with Gasteiger partial charge in [-0.2, -0.15) is 0 Å². The average molecular weight is 243 g/mol. The Labute approximate surface area is 111 Å². The molecule has 1 aromatic rings. The number of benzene rings is 1. The molecule has 1 aromatic carbocycles. The maximum atomic E-state index is 3.87. The SMILES string of the molecule is CCC1CCCCC1NCC1Cc2ccccc21. The molecule has 1 nitrogen and oxygen atoms in total. The van der Waals surface area contributed by atoms with Crippen LogP contribution >= 0.6 is 0 Å². The summed E-state index contributed by atoms with van der Waals surface area (Å²) in [5, 5.41) is 3.87. The van der Waals surface area contributed by atoms with Crippen LogP contribution in [0.4, 0.5) is 0 Å². The summed E-state index contributed by atoms with van der Waals surface area (Å²) in [6.45, 7) is 3.54. The Bertz CT molecular complexity index is 398. The topological polar surface area (TPSA) is 12.0 Å². The Kier molecular flexibility index (Phi) is 3.69. The second-order valence-electron chi connectivity index (χ2n) is 6.07. The highest BCUT2D eigenvalue weighted by molar-refractivity contribution is 5.40. The van der Waals surface area contributed by atoms with Crippen molar-refractivity contribution in [3.63, 3.8) is 0 Å². The van der Waals surface area contributed by atoms with Crippen LogP contribution in [-0.4, -0.2) is 12.6 Å². The predicted molar refractivity (Wildman–Crippen MR) is 76.9 cm³/mol. The van der Waals surface area contributed by atoms with Crippen LogP contribution in [-0.2, 0) is 6.42 Å². The quantitative estimate of drug-likeness (QED) is 0.846. The van der Waals surface area contributed by atoms with Crippen LogP contribution in [0.3, 0.4) is 0 Å². The molecule has 3 atom stereocenters. The molecule has 0 aliphatic heterocycles. The van der Waals surface area contributed by atoms with E-state index in [2.05, 4.69) is 36.5 Å². The second-order valence-corrected chi connectivity index (χ2v) is 6.07. The maximum Gasteiger partial charge on any atom is 0.00954 e. The minimum atomic E-state index is 0.778. The number of nitrogens with one attached hydrogen (secondary N) is 1. The van der Waals surface area contributed by atoms with Crippen LogP contribution in [0.15, 0.2) is 24.3 Å². The van der Waals surface area contributed by atoms with Crippen molar-refractivity contribution in [3.8, 4) is 0 Å². The molecule has 3 rings (SSSR count). The highest BCUT2D eigenvalue weighted by Gasteiger charge is 2.28. The van der Waals surface area contributed by atoms with Gasteiger partial charge in [0, 0.05) is 18.5 Å². The van der Waals surface area contributed by atoms with Gasteiger partial charge in [-0.25, -0.2) is 0 Å². The Morgan fingerprint density at radius 3 is 2.83 bits per heavy atom. The standard InChI is InChI=1S/C17H25N/c1-2-13-7-4-6-10-17(13)18-12-15-11-14-8-3-5-9-16(14)15/h3,5,8-9,13,15,17-18H,2,4,6-7,10-12H2,1H3. The third kappa shape index (κ3) is 2.33. The second kappa shape index (κ2) is 5.44. The predicted octanol–water partition coefficient (Wildman–Crippen LogP) is 3.88. The summed E-state index contributed by atoms with van der Waals surface area (Å²) >= 11 is 0. The molecule has 98 valence electrons. The summed E-state index contributed by atoms with van der Waals surface area (Å²) in [5.74, 6) is 1.70. The van der Waals surface area contributed by atoms with Crippen molar-refractivity contribution in [2.45, 2.75) is 57.4 Å². The molecule has 1 heteroatoms. The zero-order valence-corrected chi connectivity index (χ0v) is 11.5. The molecule has 18 heavy (non-hydrogen) atoms. The van der Waals surface area contributed by atoms with Crippen molar-refractivity contribution in [2.75, 3.05) is 6.54 Å². The first-order valence-corrected chi connectivity index (χ1v) is 7.69. The van der Waals surface area contributed by atoms with Crippen LogP contribution in [0.5, 0.6) is 0 Å². The zero-order chi connectivity index (χ0) is 12.4. The molecule has 0 aromatic heterocycles. The fourth-order valence-electron chi connectivity index (χ4n) is 3.80. The first-order valence-electron chi connectivity index (χ1n) is 7.69. The van der Waals surface area contributed by atoms with Crippen molar-refractivity contribution in [2.24, 2.45) is 5.92 Å². The van der Waals surface area contributed by atoms with Crippen LogP contribution in [0.2, 0.25) is 0 Å². The van der Waals surface area contributed by atoms with E-state index in [9.17, 15) is 0 Å². The van der Waals surface area contributed by atoms with Gasteiger partial charge in [0.25, 0.3) is 0 Å². The lowest BCUT2D eigenvalue weighted by Crippen LogP contribution is -2.42. The van der Waals surface area contributed by atoms with Crippen molar-refractivity contribution in [3.05, 3.63) is 35.4 Å². The van der Waals surface area contributed by atoms with E-state index in [1.54, 1.807) is 11.1 Å². The molecular weight excluding hydrogens is 218 g/mol. The van der Waals surface area contributed by atoms with Gasteiger partial charge in [0.15, 0.2) is 0 Å². The Morgan fingerprint density at radius 2 is 2.00 bits per heavy atom. The highest BCUT2D eigenvalue weighted by atomic mass is 14.9. The number of hydrogen-bond acceptors (Lipinski definition) is 1. The van der Waals surface area contributed by atoms with E-state index in [0.29, 0.717) is 0 Å². The summed E-state index contributed by atoms with van der Waals surface area (Å²) < 4.78 is 0. The van der Waals surface area contributed by atoms with E-state index in [1.165, 1.54) is 45.1 Å². The first-order chi connectivity index (χ1) is 8.88. The Hall–Kier alpha value is -0.820. The lowest BCUT2D eigenvalue weighted by molar-refractivity contribution is 0.250. The summed E-state index contributed by atoms with van der Waals surface area (Å²) in [5.41, 5.74) is 3.16. The zero-order valence-electron chi connectivity index (χ0n) is 11.5. The fourth-order valence-corrected chi connectivity index (χ4v) is 3.80. The molecule has 1 saturated carbocycles. The van der Waals surface area contributed by atoms with Crippen LogP contribution in [0.25, 0.3) is 0 Å². The summed E-state index contributed by atoms with van der Waals surface area (Å²) in [6, 6.07) is 9.72. The summed E-state index contributed by atoms with van der Waals surface area (Å²) in [6.07, 6.45) is 8.34. The summed E-state index contributed by atoms with van der Waals surface area (Å²) in [7, 11) is 0. The molecule has 1 N–H and O–H groups in total. The van der Waals surface area contributed by atoms with Crippen LogP contribution in [0, 0.1) is 5.92 Å². The van der Waals surface area contributed by atoms with Gasteiger partial charge in [0.2, 0.25) is 0 Å². The van der Waals surface area contributed by atoms with Crippen molar-refractivity contribution < 1.29 is 0 Å². The third-order valence-electron chi connectivity index (χ3n) is 5.02. The third-order valence-corrected chi connectivity index (χ3v) is 5.02. The largest absolute Gasteiger partial charge is 0.313 e. The van der Waals surface area contributed by atoms with Crippen molar-refractivity contribution in [1.82, 2.24) is 5.32 Å². The van der Waals surface area contributed by atoms with Crippen molar-refractivity contribution >= 4 is 0 Å². The normalized spacial score (nSPS) is 30.6. The molecule has 0 saturated heterocycles. The van der Waals surface area contributed by atoms with Gasteiger partial charge in [0.1, 0.15) is 0 Å². The van der Waals surface area contributed by atoms with E-state index in [4.69, 9.17) is 0 Å². The molecule has 3 unspecified atom stereocenters. The lowest BCUT2D eigenvalue weighted by Gasteiger charge is -2.36. The van der Waals surface area contributed by atoms with Gasteiger partial charge in [-0.3, -0.25) is 0 Å². The Balaban J connectivity index is 1.53. The molecule has 2 aliphatic carbocycles. The minimum absolute atomic E-state index is 0.778. The van der Waals surface area contributed by atoms with E-state index in [-0.39, 0.29) is 0 Å². The number of rotatable bonds is 4. The van der Waals surface area contributed by atoms with Crippen LogP contribution in [0.1, 0.15) is 56.1 Å². The highest BCUT2D eigenvalue weighted by Crippen LogP contribution is 2.35. The molecule has 0 bridgehead atoms. The molecule has 0 radical (unpaired) electrons. The van der Waals surface area contributed by atoms with Gasteiger partial charge >= 0.3 is 0 Å². The van der Waals surface area contributed by atoms with E-state index in [0.717, 1.165) is 17.9 Å².